The zero-order chi connectivity index (χ0) is 16.1. The molecule has 0 unspecified atom stereocenters. The Morgan fingerprint density at radius 2 is 1.87 bits per heavy atom. The van der Waals surface area contributed by atoms with Crippen LogP contribution >= 0.6 is 11.8 Å². The first-order valence-corrected chi connectivity index (χ1v) is 8.91. The molecule has 0 bridgehead atoms. The molecule has 2 heterocycles. The summed E-state index contributed by atoms with van der Waals surface area (Å²) in [5, 5.41) is 9.57. The second-order valence-corrected chi connectivity index (χ2v) is 6.63. The molecule has 1 aromatic carbocycles. The smallest absolute Gasteiger partial charge is 0.232 e. The summed E-state index contributed by atoms with van der Waals surface area (Å²) in [6, 6.07) is 10.1. The first kappa shape index (κ1) is 15.9. The Kier molecular flexibility index (Phi) is 5.17. The van der Waals surface area contributed by atoms with Gasteiger partial charge >= 0.3 is 0 Å². The van der Waals surface area contributed by atoms with Gasteiger partial charge in [0.15, 0.2) is 5.16 Å². The largest absolute Gasteiger partial charge is 0.370 e. The molecule has 2 aromatic rings. The number of piperidine rings is 1. The first-order valence-electron chi connectivity index (χ1n) is 7.92. The lowest BCUT2D eigenvalue weighted by Gasteiger charge is -2.27. The van der Waals surface area contributed by atoms with Crippen LogP contribution in [0.4, 0.5) is 5.95 Å². The lowest BCUT2D eigenvalue weighted by Crippen LogP contribution is -2.31. The molecule has 23 heavy (non-hydrogen) atoms. The molecule has 1 aliphatic heterocycles. The summed E-state index contributed by atoms with van der Waals surface area (Å²) in [5.41, 5.74) is 6.27. The number of aromatic nitrogens is 3. The maximum absolute atomic E-state index is 11.0. The molecule has 0 saturated carbocycles. The van der Waals surface area contributed by atoms with Crippen LogP contribution in [0, 0.1) is 0 Å². The summed E-state index contributed by atoms with van der Waals surface area (Å²) < 4.78 is 2.08. The summed E-state index contributed by atoms with van der Waals surface area (Å²) in [5.74, 6) is 1.21. The van der Waals surface area contributed by atoms with Gasteiger partial charge in [0.1, 0.15) is 0 Å². The van der Waals surface area contributed by atoms with E-state index in [-0.39, 0.29) is 5.91 Å². The molecule has 0 atom stereocenters. The van der Waals surface area contributed by atoms with Crippen molar-refractivity contribution in [1.82, 2.24) is 14.8 Å². The number of anilines is 1. The van der Waals surface area contributed by atoms with Crippen LogP contribution in [0.3, 0.4) is 0 Å². The molecule has 3 rings (SSSR count). The number of rotatable bonds is 6. The lowest BCUT2D eigenvalue weighted by atomic mass is 10.1. The SMILES string of the molecule is NC(=O)CCSc1nnc(N2CCCCC2)n1-c1ccccc1. The van der Waals surface area contributed by atoms with Crippen molar-refractivity contribution >= 4 is 23.6 Å². The predicted octanol–water partition coefficient (Wildman–Crippen LogP) is 2.23. The molecule has 1 aliphatic rings. The van der Waals surface area contributed by atoms with E-state index in [9.17, 15) is 4.79 Å². The third-order valence-corrected chi connectivity index (χ3v) is 4.78. The Balaban J connectivity index is 1.89. The second-order valence-electron chi connectivity index (χ2n) is 5.57. The number of nitrogens with two attached hydrogens (primary N) is 1. The maximum atomic E-state index is 11.0. The highest BCUT2D eigenvalue weighted by Gasteiger charge is 2.21. The van der Waals surface area contributed by atoms with E-state index >= 15 is 0 Å². The van der Waals surface area contributed by atoms with E-state index in [1.807, 2.05) is 18.2 Å². The molecule has 1 amide bonds. The van der Waals surface area contributed by atoms with Crippen molar-refractivity contribution in [3.8, 4) is 5.69 Å². The summed E-state index contributed by atoms with van der Waals surface area (Å²) >= 11 is 1.52. The monoisotopic (exact) mass is 331 g/mol. The van der Waals surface area contributed by atoms with Gasteiger partial charge in [-0.25, -0.2) is 0 Å². The number of carbonyl (C=O) groups excluding carboxylic acids is 1. The number of benzene rings is 1. The van der Waals surface area contributed by atoms with Gasteiger partial charge in [-0.15, -0.1) is 10.2 Å². The number of thioether (sulfide) groups is 1. The molecule has 6 nitrogen and oxygen atoms in total. The fourth-order valence-corrected chi connectivity index (χ4v) is 3.60. The van der Waals surface area contributed by atoms with Crippen molar-refractivity contribution < 1.29 is 4.79 Å². The van der Waals surface area contributed by atoms with E-state index in [1.165, 1.54) is 31.0 Å². The number of para-hydroxylation sites is 1. The van der Waals surface area contributed by atoms with Crippen molar-refractivity contribution in [2.75, 3.05) is 23.7 Å². The summed E-state index contributed by atoms with van der Waals surface area (Å²) in [6.07, 6.45) is 3.99. The van der Waals surface area contributed by atoms with Gasteiger partial charge < -0.3 is 10.6 Å². The van der Waals surface area contributed by atoms with Crippen molar-refractivity contribution in [1.29, 1.82) is 0 Å². The number of carbonyl (C=O) groups is 1. The van der Waals surface area contributed by atoms with Crippen LogP contribution in [-0.4, -0.2) is 39.5 Å². The highest BCUT2D eigenvalue weighted by molar-refractivity contribution is 7.99. The number of primary amides is 1. The molecule has 0 radical (unpaired) electrons. The van der Waals surface area contributed by atoms with Gasteiger partial charge in [-0.1, -0.05) is 30.0 Å². The molecule has 1 fully saturated rings. The van der Waals surface area contributed by atoms with Crippen molar-refractivity contribution in [3.05, 3.63) is 30.3 Å². The van der Waals surface area contributed by atoms with Gasteiger partial charge in [-0.05, 0) is 31.4 Å². The highest BCUT2D eigenvalue weighted by atomic mass is 32.2. The third-order valence-electron chi connectivity index (χ3n) is 3.85. The molecule has 2 N–H and O–H groups in total. The third kappa shape index (κ3) is 3.85. The maximum Gasteiger partial charge on any atom is 0.232 e. The minimum absolute atomic E-state index is 0.292. The van der Waals surface area contributed by atoms with Gasteiger partial charge in [-0.2, -0.15) is 0 Å². The summed E-state index contributed by atoms with van der Waals surface area (Å²) in [4.78, 5) is 13.2. The summed E-state index contributed by atoms with van der Waals surface area (Å²) in [7, 11) is 0. The molecule has 1 saturated heterocycles. The molecule has 0 spiro atoms. The van der Waals surface area contributed by atoms with Crippen LogP contribution < -0.4 is 10.6 Å². The average Bonchev–Trinajstić information content (AvgIpc) is 3.00. The molecule has 7 heteroatoms. The zero-order valence-electron chi connectivity index (χ0n) is 13.0. The van der Waals surface area contributed by atoms with Crippen LogP contribution in [0.25, 0.3) is 5.69 Å². The van der Waals surface area contributed by atoms with Gasteiger partial charge in [0.2, 0.25) is 11.9 Å². The molecular weight excluding hydrogens is 310 g/mol. The van der Waals surface area contributed by atoms with E-state index < -0.39 is 0 Å². The van der Waals surface area contributed by atoms with E-state index in [2.05, 4.69) is 31.8 Å². The van der Waals surface area contributed by atoms with Crippen LogP contribution in [-0.2, 0) is 4.79 Å². The van der Waals surface area contributed by atoms with Crippen LogP contribution in [0.15, 0.2) is 35.5 Å². The highest BCUT2D eigenvalue weighted by Crippen LogP contribution is 2.28. The number of amides is 1. The minimum atomic E-state index is -0.292. The topological polar surface area (TPSA) is 77.0 Å². The Hall–Kier alpha value is -2.02. The fraction of sp³-hybridized carbons (Fsp3) is 0.438. The van der Waals surface area contributed by atoms with Crippen LogP contribution in [0.2, 0.25) is 0 Å². The van der Waals surface area contributed by atoms with Crippen molar-refractivity contribution in [3.63, 3.8) is 0 Å². The van der Waals surface area contributed by atoms with Crippen LogP contribution in [0.5, 0.6) is 0 Å². The average molecular weight is 331 g/mol. The van der Waals surface area contributed by atoms with E-state index in [4.69, 9.17) is 5.73 Å². The van der Waals surface area contributed by atoms with Crippen molar-refractivity contribution in [2.45, 2.75) is 30.8 Å². The van der Waals surface area contributed by atoms with Gasteiger partial charge in [0.25, 0.3) is 0 Å². The molecule has 0 aliphatic carbocycles. The standard InChI is InChI=1S/C16H21N5OS/c17-14(22)9-12-23-16-19-18-15(20-10-5-2-6-11-20)21(16)13-7-3-1-4-8-13/h1,3-4,7-8H,2,5-6,9-12H2,(H2,17,22). The summed E-state index contributed by atoms with van der Waals surface area (Å²) in [6.45, 7) is 2.02. The van der Waals surface area contributed by atoms with Gasteiger partial charge in [0.05, 0.1) is 5.69 Å². The van der Waals surface area contributed by atoms with E-state index in [1.54, 1.807) is 0 Å². The van der Waals surface area contributed by atoms with Crippen LogP contribution in [0.1, 0.15) is 25.7 Å². The van der Waals surface area contributed by atoms with Gasteiger partial charge in [-0.3, -0.25) is 9.36 Å². The van der Waals surface area contributed by atoms with E-state index in [0.29, 0.717) is 12.2 Å². The molecule has 1 aromatic heterocycles. The predicted molar refractivity (Wildman–Crippen MR) is 92.0 cm³/mol. The quantitative estimate of drug-likeness (QED) is 0.821. The Bertz CT molecular complexity index is 652. The minimum Gasteiger partial charge on any atom is -0.370 e. The Labute approximate surface area is 140 Å². The van der Waals surface area contributed by atoms with E-state index in [0.717, 1.165) is 29.9 Å². The number of hydrogen-bond donors (Lipinski definition) is 1. The zero-order valence-corrected chi connectivity index (χ0v) is 13.8. The Morgan fingerprint density at radius 3 is 2.57 bits per heavy atom. The van der Waals surface area contributed by atoms with Gasteiger partial charge in [0, 0.05) is 25.3 Å². The van der Waals surface area contributed by atoms with Crippen molar-refractivity contribution in [2.24, 2.45) is 5.73 Å². The molecular formula is C16H21N5OS. The Morgan fingerprint density at radius 1 is 1.13 bits per heavy atom. The fourth-order valence-electron chi connectivity index (χ4n) is 2.70. The number of hydrogen-bond acceptors (Lipinski definition) is 5. The number of nitrogens with zero attached hydrogens (tertiary/aromatic N) is 4. The lowest BCUT2D eigenvalue weighted by molar-refractivity contribution is -0.117. The second kappa shape index (κ2) is 7.50. The molecule has 122 valence electrons. The first-order chi connectivity index (χ1) is 11.3. The normalized spacial score (nSPS) is 14.9.